The Bertz CT molecular complexity index is 1330. The lowest BCUT2D eigenvalue weighted by molar-refractivity contribution is -0.136. The Morgan fingerprint density at radius 1 is 1.26 bits per heavy atom. The number of para-hydroxylation sites is 1. The van der Waals surface area contributed by atoms with Crippen LogP contribution in [0.5, 0.6) is 5.75 Å². The van der Waals surface area contributed by atoms with Crippen molar-refractivity contribution in [3.63, 3.8) is 0 Å². The fraction of sp³-hybridized carbons (Fsp3) is 0.261. The molecule has 0 amide bonds. The monoisotopic (exact) mass is 438 g/mol. The van der Waals surface area contributed by atoms with Gasteiger partial charge < -0.3 is 13.9 Å². The third kappa shape index (κ3) is 3.86. The van der Waals surface area contributed by atoms with Crippen molar-refractivity contribution in [2.75, 3.05) is 7.11 Å². The normalized spacial score (nSPS) is 16.3. The van der Waals surface area contributed by atoms with Crippen LogP contribution >= 0.6 is 11.3 Å². The van der Waals surface area contributed by atoms with Crippen molar-refractivity contribution in [1.82, 2.24) is 4.57 Å². The number of aromatic nitrogens is 1. The zero-order valence-corrected chi connectivity index (χ0v) is 18.4. The van der Waals surface area contributed by atoms with E-state index in [9.17, 15) is 9.59 Å². The van der Waals surface area contributed by atoms with E-state index in [0.717, 1.165) is 0 Å². The lowest BCUT2D eigenvalue weighted by atomic mass is 9.95. The molecule has 3 aromatic rings. The first-order valence-corrected chi connectivity index (χ1v) is 10.6. The standard InChI is InChI=1S/C23H22N2O5S/c1-13(2)30-17-10-6-5-9-16(17)20-19(22(27)28-4)14(3)24-23-25(20)21(26)18(31-23)12-15-8-7-11-29-15/h5-13,20H,1-4H3/b18-12-/t20-/m0/s1. The number of furan rings is 1. The van der Waals surface area contributed by atoms with Crippen LogP contribution in [0.2, 0.25) is 0 Å². The first-order chi connectivity index (χ1) is 14.9. The number of esters is 1. The molecule has 3 heterocycles. The first kappa shape index (κ1) is 20.9. The maximum absolute atomic E-state index is 13.4. The van der Waals surface area contributed by atoms with Gasteiger partial charge in [-0.1, -0.05) is 29.5 Å². The predicted octanol–water partition coefficient (Wildman–Crippen LogP) is 2.79. The summed E-state index contributed by atoms with van der Waals surface area (Å²) in [5.41, 5.74) is 1.23. The summed E-state index contributed by atoms with van der Waals surface area (Å²) in [7, 11) is 1.32. The molecule has 0 N–H and O–H groups in total. The minimum absolute atomic E-state index is 0.0809. The second-order valence-electron chi connectivity index (χ2n) is 7.29. The molecule has 0 bridgehead atoms. The first-order valence-electron chi connectivity index (χ1n) is 9.80. The summed E-state index contributed by atoms with van der Waals surface area (Å²) in [5.74, 6) is 0.624. The van der Waals surface area contributed by atoms with Crippen LogP contribution in [0.4, 0.5) is 0 Å². The van der Waals surface area contributed by atoms with Gasteiger partial charge in [0.15, 0.2) is 4.80 Å². The zero-order chi connectivity index (χ0) is 22.1. The van der Waals surface area contributed by atoms with Crippen LogP contribution in [-0.4, -0.2) is 23.8 Å². The van der Waals surface area contributed by atoms with Gasteiger partial charge in [0, 0.05) is 11.6 Å². The number of methoxy groups -OCH3 is 1. The quantitative estimate of drug-likeness (QED) is 0.572. The van der Waals surface area contributed by atoms with E-state index in [1.54, 1.807) is 31.4 Å². The highest BCUT2D eigenvalue weighted by atomic mass is 32.1. The molecule has 1 aromatic carbocycles. The largest absolute Gasteiger partial charge is 0.491 e. The molecule has 0 spiro atoms. The molecule has 0 aliphatic carbocycles. The Morgan fingerprint density at radius 3 is 2.71 bits per heavy atom. The second-order valence-corrected chi connectivity index (χ2v) is 8.30. The Morgan fingerprint density at radius 2 is 2.03 bits per heavy atom. The summed E-state index contributed by atoms with van der Waals surface area (Å²) in [5, 5.41) is 0. The fourth-order valence-electron chi connectivity index (χ4n) is 3.56. The summed E-state index contributed by atoms with van der Waals surface area (Å²) in [4.78, 5) is 31.2. The highest BCUT2D eigenvalue weighted by Crippen LogP contribution is 2.36. The lowest BCUT2D eigenvalue weighted by Crippen LogP contribution is -2.40. The average molecular weight is 439 g/mol. The molecule has 31 heavy (non-hydrogen) atoms. The average Bonchev–Trinajstić information content (AvgIpc) is 3.35. The molecular weight excluding hydrogens is 416 g/mol. The van der Waals surface area contributed by atoms with Crippen LogP contribution in [0.3, 0.4) is 0 Å². The molecule has 1 aliphatic heterocycles. The number of fused-ring (bicyclic) bond motifs is 1. The van der Waals surface area contributed by atoms with E-state index < -0.39 is 12.0 Å². The summed E-state index contributed by atoms with van der Waals surface area (Å²) < 4.78 is 18.4. The number of benzene rings is 1. The highest BCUT2D eigenvalue weighted by Gasteiger charge is 2.34. The molecule has 0 radical (unpaired) electrons. The van der Waals surface area contributed by atoms with E-state index in [2.05, 4.69) is 4.99 Å². The van der Waals surface area contributed by atoms with Crippen molar-refractivity contribution in [1.29, 1.82) is 0 Å². The van der Waals surface area contributed by atoms with Crippen LogP contribution in [0.15, 0.2) is 68.1 Å². The van der Waals surface area contributed by atoms with Gasteiger partial charge in [-0.2, -0.15) is 0 Å². The number of carbonyl (C=O) groups is 1. The summed E-state index contributed by atoms with van der Waals surface area (Å²) in [6, 6.07) is 10.2. The van der Waals surface area contributed by atoms with Crippen LogP contribution in [0.1, 0.15) is 38.1 Å². The molecule has 7 nitrogen and oxygen atoms in total. The second kappa shape index (κ2) is 8.39. The maximum atomic E-state index is 13.4. The van der Waals surface area contributed by atoms with Gasteiger partial charge >= 0.3 is 5.97 Å². The van der Waals surface area contributed by atoms with Gasteiger partial charge in [0.25, 0.3) is 5.56 Å². The number of hydrogen-bond donors (Lipinski definition) is 0. The predicted molar refractivity (Wildman–Crippen MR) is 117 cm³/mol. The van der Waals surface area contributed by atoms with Crippen LogP contribution < -0.4 is 19.6 Å². The minimum Gasteiger partial charge on any atom is -0.491 e. The highest BCUT2D eigenvalue weighted by molar-refractivity contribution is 7.07. The number of hydrogen-bond acceptors (Lipinski definition) is 7. The van der Waals surface area contributed by atoms with E-state index >= 15 is 0 Å². The van der Waals surface area contributed by atoms with E-state index in [1.807, 2.05) is 38.1 Å². The minimum atomic E-state index is -0.725. The Balaban J connectivity index is 2.01. The van der Waals surface area contributed by atoms with Crippen LogP contribution in [0, 0.1) is 0 Å². The van der Waals surface area contributed by atoms with Crippen molar-refractivity contribution in [2.45, 2.75) is 32.9 Å². The number of thiazole rings is 1. The SMILES string of the molecule is COC(=O)C1=C(C)N=c2s/c(=C\c3ccco3)c(=O)n2[C@H]1c1ccccc1OC(C)C. The van der Waals surface area contributed by atoms with Gasteiger partial charge in [-0.15, -0.1) is 0 Å². The van der Waals surface area contributed by atoms with Crippen LogP contribution in [0.25, 0.3) is 6.08 Å². The van der Waals surface area contributed by atoms with Crippen molar-refractivity contribution in [3.05, 3.63) is 84.9 Å². The third-order valence-electron chi connectivity index (χ3n) is 4.82. The van der Waals surface area contributed by atoms with Crippen molar-refractivity contribution in [2.24, 2.45) is 4.99 Å². The fourth-order valence-corrected chi connectivity index (χ4v) is 4.58. The molecule has 1 atom stereocenters. The van der Waals surface area contributed by atoms with Gasteiger partial charge in [0.05, 0.1) is 35.3 Å². The summed E-state index contributed by atoms with van der Waals surface area (Å²) in [6.07, 6.45) is 3.14. The molecule has 4 rings (SSSR count). The molecule has 8 heteroatoms. The number of ether oxygens (including phenoxy) is 2. The van der Waals surface area contributed by atoms with E-state index in [-0.39, 0.29) is 11.7 Å². The molecule has 0 saturated heterocycles. The maximum Gasteiger partial charge on any atom is 0.338 e. The van der Waals surface area contributed by atoms with Gasteiger partial charge in [-0.25, -0.2) is 9.79 Å². The van der Waals surface area contributed by atoms with Crippen LogP contribution in [-0.2, 0) is 9.53 Å². The molecule has 0 saturated carbocycles. The van der Waals surface area contributed by atoms with Crippen molar-refractivity contribution < 1.29 is 18.7 Å². The molecule has 0 fully saturated rings. The van der Waals surface area contributed by atoms with E-state index in [1.165, 1.54) is 23.0 Å². The topological polar surface area (TPSA) is 83.0 Å². The molecular formula is C23H22N2O5S. The smallest absolute Gasteiger partial charge is 0.338 e. The molecule has 0 unspecified atom stereocenters. The van der Waals surface area contributed by atoms with Gasteiger partial charge in [0.1, 0.15) is 17.6 Å². The molecule has 1 aliphatic rings. The molecule has 2 aromatic heterocycles. The van der Waals surface area contributed by atoms with Gasteiger partial charge in [0.2, 0.25) is 0 Å². The Labute approximate surface area is 182 Å². The Kier molecular flexibility index (Phi) is 5.65. The van der Waals surface area contributed by atoms with E-state index in [4.69, 9.17) is 13.9 Å². The van der Waals surface area contributed by atoms with E-state index in [0.29, 0.717) is 37.7 Å². The number of rotatable bonds is 5. The lowest BCUT2D eigenvalue weighted by Gasteiger charge is -2.26. The van der Waals surface area contributed by atoms with Crippen molar-refractivity contribution in [3.8, 4) is 5.75 Å². The summed E-state index contributed by atoms with van der Waals surface area (Å²) in [6.45, 7) is 5.59. The third-order valence-corrected chi connectivity index (χ3v) is 5.80. The Hall–Kier alpha value is -3.39. The van der Waals surface area contributed by atoms with Gasteiger partial charge in [-0.05, 0) is 39.0 Å². The van der Waals surface area contributed by atoms with Crippen molar-refractivity contribution >= 4 is 23.4 Å². The number of carbonyl (C=O) groups excluding carboxylic acids is 1. The number of allylic oxidation sites excluding steroid dienone is 1. The van der Waals surface area contributed by atoms with Gasteiger partial charge in [-0.3, -0.25) is 9.36 Å². The number of nitrogens with zero attached hydrogens (tertiary/aromatic N) is 2. The summed E-state index contributed by atoms with van der Waals surface area (Å²) >= 11 is 1.24. The molecule has 160 valence electrons. The zero-order valence-electron chi connectivity index (χ0n) is 17.6.